The summed E-state index contributed by atoms with van der Waals surface area (Å²) in [5.41, 5.74) is 0.773. The Labute approximate surface area is 124 Å². The predicted molar refractivity (Wildman–Crippen MR) is 80.3 cm³/mol. The zero-order chi connectivity index (χ0) is 15.7. The number of carbonyl (C=O) groups is 2. The minimum Gasteiger partial charge on any atom is -0.497 e. The molecular weight excluding hydrogens is 272 g/mol. The van der Waals surface area contributed by atoms with E-state index in [0.717, 1.165) is 5.56 Å². The van der Waals surface area contributed by atoms with Crippen molar-refractivity contribution < 1.29 is 19.1 Å². The summed E-state index contributed by atoms with van der Waals surface area (Å²) in [6.07, 6.45) is 3.07. The first kappa shape index (κ1) is 16.6. The van der Waals surface area contributed by atoms with E-state index < -0.39 is 0 Å². The monoisotopic (exact) mass is 292 g/mol. The Kier molecular flexibility index (Phi) is 6.80. The smallest absolute Gasteiger partial charge is 0.244 e. The van der Waals surface area contributed by atoms with Crippen molar-refractivity contribution in [3.63, 3.8) is 0 Å². The molecule has 0 fully saturated rings. The minimum absolute atomic E-state index is 0.122. The lowest BCUT2D eigenvalue weighted by atomic mass is 10.1. The molecule has 114 valence electrons. The Bertz CT molecular complexity index is 526. The van der Waals surface area contributed by atoms with Gasteiger partial charge in [-0.2, -0.15) is 0 Å². The third kappa shape index (κ3) is 5.99. The van der Waals surface area contributed by atoms with Gasteiger partial charge in [-0.1, -0.05) is 0 Å². The minimum atomic E-state index is -0.238. The largest absolute Gasteiger partial charge is 0.497 e. The van der Waals surface area contributed by atoms with Gasteiger partial charge in [0, 0.05) is 37.7 Å². The zero-order valence-corrected chi connectivity index (χ0v) is 12.4. The number of benzene rings is 1. The van der Waals surface area contributed by atoms with E-state index in [9.17, 15) is 9.59 Å². The van der Waals surface area contributed by atoms with Crippen LogP contribution in [-0.2, 0) is 9.59 Å². The highest BCUT2D eigenvalue weighted by Crippen LogP contribution is 2.25. The molecule has 0 atom stereocenters. The maximum absolute atomic E-state index is 11.6. The molecule has 0 aromatic heterocycles. The Balaban J connectivity index is 2.55. The predicted octanol–water partition coefficient (Wildman–Crippen LogP) is 0.969. The third-order valence-electron chi connectivity index (χ3n) is 2.65. The number of methoxy groups -OCH3 is 2. The van der Waals surface area contributed by atoms with Crippen LogP contribution in [0.5, 0.6) is 11.5 Å². The van der Waals surface area contributed by atoms with Crippen molar-refractivity contribution >= 4 is 17.9 Å². The van der Waals surface area contributed by atoms with Gasteiger partial charge >= 0.3 is 0 Å². The fourth-order valence-electron chi connectivity index (χ4n) is 1.60. The summed E-state index contributed by atoms with van der Waals surface area (Å²) in [4.78, 5) is 22.3. The molecule has 0 radical (unpaired) electrons. The summed E-state index contributed by atoms with van der Waals surface area (Å²) in [5.74, 6) is 0.946. The van der Waals surface area contributed by atoms with E-state index in [2.05, 4.69) is 10.6 Å². The van der Waals surface area contributed by atoms with E-state index >= 15 is 0 Å². The van der Waals surface area contributed by atoms with Crippen LogP contribution < -0.4 is 20.1 Å². The third-order valence-corrected chi connectivity index (χ3v) is 2.65. The lowest BCUT2D eigenvalue weighted by Crippen LogP contribution is -2.32. The quantitative estimate of drug-likeness (QED) is 0.580. The molecular formula is C15H20N2O4. The molecule has 0 saturated carbocycles. The molecule has 0 aliphatic carbocycles. The van der Waals surface area contributed by atoms with Crippen molar-refractivity contribution in [1.82, 2.24) is 10.6 Å². The van der Waals surface area contributed by atoms with Gasteiger partial charge in [0.1, 0.15) is 11.5 Å². The fourth-order valence-corrected chi connectivity index (χ4v) is 1.60. The van der Waals surface area contributed by atoms with E-state index in [0.29, 0.717) is 24.6 Å². The van der Waals surface area contributed by atoms with Gasteiger partial charge in [0.05, 0.1) is 14.2 Å². The lowest BCUT2D eigenvalue weighted by Gasteiger charge is -2.07. The van der Waals surface area contributed by atoms with Gasteiger partial charge in [0.2, 0.25) is 11.8 Å². The highest BCUT2D eigenvalue weighted by atomic mass is 16.5. The van der Waals surface area contributed by atoms with Crippen LogP contribution in [0.1, 0.15) is 12.5 Å². The van der Waals surface area contributed by atoms with E-state index in [1.807, 2.05) is 0 Å². The topological polar surface area (TPSA) is 76.7 Å². The second-order valence-corrected chi connectivity index (χ2v) is 4.22. The summed E-state index contributed by atoms with van der Waals surface area (Å²) in [6, 6.07) is 5.34. The second-order valence-electron chi connectivity index (χ2n) is 4.22. The first-order valence-electron chi connectivity index (χ1n) is 6.49. The average Bonchev–Trinajstić information content (AvgIpc) is 2.49. The Morgan fingerprint density at radius 2 is 1.86 bits per heavy atom. The van der Waals surface area contributed by atoms with E-state index in [1.165, 1.54) is 13.0 Å². The summed E-state index contributed by atoms with van der Waals surface area (Å²) in [7, 11) is 3.13. The maximum atomic E-state index is 11.6. The molecule has 0 spiro atoms. The van der Waals surface area contributed by atoms with Crippen molar-refractivity contribution in [2.24, 2.45) is 0 Å². The average molecular weight is 292 g/mol. The highest BCUT2D eigenvalue weighted by molar-refractivity contribution is 5.92. The first-order chi connectivity index (χ1) is 10.1. The van der Waals surface area contributed by atoms with Crippen LogP contribution in [0.2, 0.25) is 0 Å². The number of nitrogens with one attached hydrogen (secondary N) is 2. The standard InChI is InChI=1S/C15H20N2O4/c1-11(18)16-8-9-17-15(19)7-5-12-4-6-13(20-2)10-14(12)21-3/h4-7,10H,8-9H2,1-3H3,(H,16,18)(H,17,19)/b7-5+. The number of ether oxygens (including phenoxy) is 2. The molecule has 21 heavy (non-hydrogen) atoms. The maximum Gasteiger partial charge on any atom is 0.244 e. The molecule has 0 bridgehead atoms. The molecule has 2 amide bonds. The summed E-state index contributed by atoms with van der Waals surface area (Å²) < 4.78 is 10.3. The molecule has 1 aromatic carbocycles. The molecule has 0 heterocycles. The first-order valence-corrected chi connectivity index (χ1v) is 6.49. The zero-order valence-electron chi connectivity index (χ0n) is 12.4. The van der Waals surface area contributed by atoms with Crippen molar-refractivity contribution in [1.29, 1.82) is 0 Å². The van der Waals surface area contributed by atoms with E-state index in [4.69, 9.17) is 9.47 Å². The van der Waals surface area contributed by atoms with Crippen LogP contribution >= 0.6 is 0 Å². The molecule has 0 saturated heterocycles. The van der Waals surface area contributed by atoms with Crippen LogP contribution in [0.3, 0.4) is 0 Å². The summed E-state index contributed by atoms with van der Waals surface area (Å²) in [5, 5.41) is 5.26. The number of rotatable bonds is 7. The summed E-state index contributed by atoms with van der Waals surface area (Å²) >= 11 is 0. The second kappa shape index (κ2) is 8.63. The van der Waals surface area contributed by atoms with Crippen molar-refractivity contribution in [3.05, 3.63) is 29.8 Å². The van der Waals surface area contributed by atoms with E-state index in [-0.39, 0.29) is 11.8 Å². The molecule has 1 aromatic rings. The molecule has 1 rings (SSSR count). The van der Waals surface area contributed by atoms with Gasteiger partial charge < -0.3 is 20.1 Å². The van der Waals surface area contributed by atoms with Crippen LogP contribution in [0.25, 0.3) is 6.08 Å². The van der Waals surface area contributed by atoms with Crippen LogP contribution in [0, 0.1) is 0 Å². The van der Waals surface area contributed by atoms with Crippen molar-refractivity contribution in [2.75, 3.05) is 27.3 Å². The number of hydrogen-bond acceptors (Lipinski definition) is 4. The van der Waals surface area contributed by atoms with Crippen molar-refractivity contribution in [3.8, 4) is 11.5 Å². The Morgan fingerprint density at radius 3 is 2.48 bits per heavy atom. The number of amides is 2. The molecule has 0 unspecified atom stereocenters. The molecule has 6 nitrogen and oxygen atoms in total. The van der Waals surface area contributed by atoms with Gasteiger partial charge in [-0.05, 0) is 18.2 Å². The van der Waals surface area contributed by atoms with Gasteiger partial charge in [-0.15, -0.1) is 0 Å². The molecule has 0 aliphatic rings. The highest BCUT2D eigenvalue weighted by Gasteiger charge is 2.03. The van der Waals surface area contributed by atoms with Crippen LogP contribution in [0.4, 0.5) is 0 Å². The molecule has 2 N–H and O–H groups in total. The van der Waals surface area contributed by atoms with Gasteiger partial charge in [-0.25, -0.2) is 0 Å². The number of carbonyl (C=O) groups excluding carboxylic acids is 2. The lowest BCUT2D eigenvalue weighted by molar-refractivity contribution is -0.119. The Morgan fingerprint density at radius 1 is 1.14 bits per heavy atom. The Hall–Kier alpha value is -2.50. The summed E-state index contributed by atoms with van der Waals surface area (Å²) in [6.45, 7) is 2.21. The van der Waals surface area contributed by atoms with Crippen LogP contribution in [0.15, 0.2) is 24.3 Å². The van der Waals surface area contributed by atoms with Gasteiger partial charge in [0.25, 0.3) is 0 Å². The molecule has 0 aliphatic heterocycles. The SMILES string of the molecule is COc1ccc(/C=C/C(=O)NCCNC(C)=O)c(OC)c1. The molecule has 6 heteroatoms. The number of hydrogen-bond donors (Lipinski definition) is 2. The normalized spacial score (nSPS) is 10.2. The fraction of sp³-hybridized carbons (Fsp3) is 0.333. The van der Waals surface area contributed by atoms with Crippen molar-refractivity contribution in [2.45, 2.75) is 6.92 Å². The van der Waals surface area contributed by atoms with E-state index in [1.54, 1.807) is 38.5 Å². The van der Waals surface area contributed by atoms with Gasteiger partial charge in [-0.3, -0.25) is 9.59 Å². The van der Waals surface area contributed by atoms with Crippen LogP contribution in [-0.4, -0.2) is 39.1 Å². The van der Waals surface area contributed by atoms with Gasteiger partial charge in [0.15, 0.2) is 0 Å².